The molecular formula is C14H15N3O2. The molecule has 2 atom stereocenters. The van der Waals surface area contributed by atoms with Gasteiger partial charge in [0, 0.05) is 6.07 Å². The van der Waals surface area contributed by atoms with E-state index in [1.165, 1.54) is 5.56 Å². The first-order valence-corrected chi connectivity index (χ1v) is 6.22. The zero-order chi connectivity index (χ0) is 13.4. The van der Waals surface area contributed by atoms with Crippen LogP contribution < -0.4 is 11.1 Å². The molecule has 1 heterocycles. The van der Waals surface area contributed by atoms with Crippen molar-refractivity contribution < 1.29 is 9.32 Å². The summed E-state index contributed by atoms with van der Waals surface area (Å²) in [5.74, 6) is 0.370. The third-order valence-corrected chi connectivity index (χ3v) is 3.46. The molecule has 0 aliphatic heterocycles. The molecule has 2 aromatic rings. The van der Waals surface area contributed by atoms with Gasteiger partial charge in [0.25, 0.3) is 5.91 Å². The summed E-state index contributed by atoms with van der Waals surface area (Å²) < 4.78 is 4.90. The average molecular weight is 257 g/mol. The number of aryl methyl sites for hydroxylation is 1. The van der Waals surface area contributed by atoms with Crippen molar-refractivity contribution in [3.8, 4) is 0 Å². The first-order chi connectivity index (χ1) is 9.15. The second-order valence-electron chi connectivity index (χ2n) is 4.83. The first kappa shape index (κ1) is 11.9. The Hall–Kier alpha value is -2.14. The normalized spacial score (nSPS) is 21.2. The molecule has 3 N–H and O–H groups in total. The number of fused-ring (bicyclic) bond motifs is 1. The van der Waals surface area contributed by atoms with Crippen molar-refractivity contribution in [2.45, 2.75) is 25.4 Å². The van der Waals surface area contributed by atoms with Crippen LogP contribution in [0.2, 0.25) is 0 Å². The number of benzene rings is 1. The molecule has 1 amide bonds. The molecule has 1 aliphatic rings. The smallest absolute Gasteiger partial charge is 0.273 e. The number of aromatic nitrogens is 1. The van der Waals surface area contributed by atoms with Gasteiger partial charge in [-0.3, -0.25) is 4.79 Å². The zero-order valence-corrected chi connectivity index (χ0v) is 10.6. The highest BCUT2D eigenvalue weighted by Gasteiger charge is 2.31. The number of rotatable bonds is 2. The van der Waals surface area contributed by atoms with E-state index in [0.29, 0.717) is 11.5 Å². The van der Waals surface area contributed by atoms with Gasteiger partial charge in [0.1, 0.15) is 5.76 Å². The van der Waals surface area contributed by atoms with Crippen molar-refractivity contribution in [2.75, 3.05) is 0 Å². The van der Waals surface area contributed by atoms with E-state index in [1.807, 2.05) is 24.3 Å². The number of carbonyl (C=O) groups excluding carboxylic acids is 1. The van der Waals surface area contributed by atoms with E-state index in [-0.39, 0.29) is 18.0 Å². The summed E-state index contributed by atoms with van der Waals surface area (Å²) in [6.07, 6.45) is 0.750. The molecule has 5 nitrogen and oxygen atoms in total. The van der Waals surface area contributed by atoms with Crippen LogP contribution in [0.25, 0.3) is 0 Å². The minimum absolute atomic E-state index is 0.0955. The Morgan fingerprint density at radius 2 is 2.26 bits per heavy atom. The number of nitrogens with two attached hydrogens (primary N) is 1. The predicted octanol–water partition coefficient (Wildman–Crippen LogP) is 1.34. The molecule has 98 valence electrons. The van der Waals surface area contributed by atoms with Crippen molar-refractivity contribution in [2.24, 2.45) is 5.73 Å². The number of carbonyl (C=O) groups is 1. The van der Waals surface area contributed by atoms with E-state index in [2.05, 4.69) is 10.5 Å². The Morgan fingerprint density at radius 1 is 1.47 bits per heavy atom. The average Bonchev–Trinajstić information content (AvgIpc) is 2.96. The summed E-state index contributed by atoms with van der Waals surface area (Å²) in [5, 5.41) is 6.62. The van der Waals surface area contributed by atoms with Crippen LogP contribution in [0.4, 0.5) is 0 Å². The molecule has 3 rings (SSSR count). The fraction of sp³-hybridized carbons (Fsp3) is 0.286. The van der Waals surface area contributed by atoms with Gasteiger partial charge in [-0.15, -0.1) is 0 Å². The highest BCUT2D eigenvalue weighted by molar-refractivity contribution is 5.92. The van der Waals surface area contributed by atoms with Crippen LogP contribution >= 0.6 is 0 Å². The van der Waals surface area contributed by atoms with Gasteiger partial charge in [0.2, 0.25) is 0 Å². The maximum atomic E-state index is 12.0. The van der Waals surface area contributed by atoms with Crippen LogP contribution in [0, 0.1) is 6.92 Å². The molecule has 0 saturated heterocycles. The molecular weight excluding hydrogens is 242 g/mol. The summed E-state index contributed by atoms with van der Waals surface area (Å²) in [4.78, 5) is 12.0. The Labute approximate surface area is 110 Å². The topological polar surface area (TPSA) is 81.2 Å². The summed E-state index contributed by atoms with van der Waals surface area (Å²) >= 11 is 0. The van der Waals surface area contributed by atoms with E-state index in [0.717, 1.165) is 12.0 Å². The maximum absolute atomic E-state index is 12.0. The molecule has 1 aliphatic carbocycles. The van der Waals surface area contributed by atoms with Crippen LogP contribution in [0.15, 0.2) is 34.9 Å². The van der Waals surface area contributed by atoms with Gasteiger partial charge < -0.3 is 15.6 Å². The maximum Gasteiger partial charge on any atom is 0.273 e. The van der Waals surface area contributed by atoms with Gasteiger partial charge in [0.05, 0.1) is 12.1 Å². The highest BCUT2D eigenvalue weighted by atomic mass is 16.5. The largest absolute Gasteiger partial charge is 0.361 e. The van der Waals surface area contributed by atoms with Crippen molar-refractivity contribution in [3.05, 3.63) is 52.9 Å². The summed E-state index contributed by atoms with van der Waals surface area (Å²) in [6, 6.07) is 9.34. The van der Waals surface area contributed by atoms with Gasteiger partial charge in [-0.1, -0.05) is 29.4 Å². The quantitative estimate of drug-likeness (QED) is 0.850. The predicted molar refractivity (Wildman–Crippen MR) is 69.6 cm³/mol. The van der Waals surface area contributed by atoms with E-state index < -0.39 is 0 Å². The number of nitrogens with one attached hydrogen (secondary N) is 1. The lowest BCUT2D eigenvalue weighted by Crippen LogP contribution is -2.40. The van der Waals surface area contributed by atoms with Gasteiger partial charge in [-0.05, 0) is 24.5 Å². The third-order valence-electron chi connectivity index (χ3n) is 3.46. The van der Waals surface area contributed by atoms with Crippen LogP contribution in [0.1, 0.15) is 33.4 Å². The molecule has 1 aromatic carbocycles. The Kier molecular flexibility index (Phi) is 2.83. The Balaban J connectivity index is 1.74. The second kappa shape index (κ2) is 4.51. The van der Waals surface area contributed by atoms with Gasteiger partial charge in [0.15, 0.2) is 5.69 Å². The molecule has 0 radical (unpaired) electrons. The van der Waals surface area contributed by atoms with Gasteiger partial charge in [-0.2, -0.15) is 0 Å². The number of amides is 1. The van der Waals surface area contributed by atoms with E-state index in [9.17, 15) is 4.79 Å². The zero-order valence-electron chi connectivity index (χ0n) is 10.6. The molecule has 5 heteroatoms. The summed E-state index contributed by atoms with van der Waals surface area (Å²) in [6.45, 7) is 1.75. The minimum Gasteiger partial charge on any atom is -0.361 e. The molecule has 0 fully saturated rings. The third kappa shape index (κ3) is 2.13. The van der Waals surface area contributed by atoms with E-state index >= 15 is 0 Å². The highest BCUT2D eigenvalue weighted by Crippen LogP contribution is 2.29. The lowest BCUT2D eigenvalue weighted by atomic mass is 10.1. The van der Waals surface area contributed by atoms with E-state index in [1.54, 1.807) is 13.0 Å². The van der Waals surface area contributed by atoms with Crippen LogP contribution in [0.5, 0.6) is 0 Å². The van der Waals surface area contributed by atoms with Crippen molar-refractivity contribution in [1.82, 2.24) is 10.5 Å². The SMILES string of the molecule is Cc1cc(C(=O)N[C@H]2Cc3ccccc3[C@@H]2N)no1. The van der Waals surface area contributed by atoms with E-state index in [4.69, 9.17) is 10.3 Å². The fourth-order valence-electron chi connectivity index (χ4n) is 2.48. The second-order valence-corrected chi connectivity index (χ2v) is 4.83. The number of hydrogen-bond donors (Lipinski definition) is 2. The fourth-order valence-corrected chi connectivity index (χ4v) is 2.48. The minimum atomic E-state index is -0.245. The molecule has 0 bridgehead atoms. The monoisotopic (exact) mass is 257 g/mol. The number of nitrogens with zero attached hydrogens (tertiary/aromatic N) is 1. The lowest BCUT2D eigenvalue weighted by molar-refractivity contribution is 0.0924. The summed E-state index contributed by atoms with van der Waals surface area (Å²) in [7, 11) is 0. The van der Waals surface area contributed by atoms with Crippen molar-refractivity contribution >= 4 is 5.91 Å². The molecule has 0 unspecified atom stereocenters. The van der Waals surface area contributed by atoms with Gasteiger partial charge >= 0.3 is 0 Å². The van der Waals surface area contributed by atoms with Crippen molar-refractivity contribution in [3.63, 3.8) is 0 Å². The molecule has 19 heavy (non-hydrogen) atoms. The van der Waals surface area contributed by atoms with Crippen LogP contribution in [-0.2, 0) is 6.42 Å². The molecule has 0 spiro atoms. The van der Waals surface area contributed by atoms with Crippen LogP contribution in [0.3, 0.4) is 0 Å². The summed E-state index contributed by atoms with van der Waals surface area (Å²) in [5.41, 5.74) is 8.75. The molecule has 0 saturated carbocycles. The van der Waals surface area contributed by atoms with Crippen molar-refractivity contribution in [1.29, 1.82) is 0 Å². The Morgan fingerprint density at radius 3 is 2.95 bits per heavy atom. The number of hydrogen-bond acceptors (Lipinski definition) is 4. The first-order valence-electron chi connectivity index (χ1n) is 6.22. The van der Waals surface area contributed by atoms with Gasteiger partial charge in [-0.25, -0.2) is 0 Å². The van der Waals surface area contributed by atoms with Crippen LogP contribution in [-0.4, -0.2) is 17.1 Å². The standard InChI is InChI=1S/C14H15N3O2/c1-8-6-12(17-19-8)14(18)16-11-7-9-4-2-3-5-10(9)13(11)15/h2-6,11,13H,7,15H2,1H3,(H,16,18)/t11-,13-/m0/s1. The molecule has 1 aromatic heterocycles. The lowest BCUT2D eigenvalue weighted by Gasteiger charge is -2.16. The Bertz CT molecular complexity index is 621.